The summed E-state index contributed by atoms with van der Waals surface area (Å²) in [5.41, 5.74) is 4.38. The Morgan fingerprint density at radius 1 is 1.09 bits per heavy atom. The first kappa shape index (κ1) is 22.8. The summed E-state index contributed by atoms with van der Waals surface area (Å²) in [6.45, 7) is 2.02. The predicted molar refractivity (Wildman–Crippen MR) is 132 cm³/mol. The molecule has 0 spiro atoms. The van der Waals surface area contributed by atoms with Crippen LogP contribution in [0, 0.1) is 18.3 Å². The van der Waals surface area contributed by atoms with E-state index in [0.29, 0.717) is 10.6 Å². The van der Waals surface area contributed by atoms with E-state index in [1.165, 1.54) is 15.6 Å². The first-order valence-corrected chi connectivity index (χ1v) is 13.6. The molecule has 1 aliphatic heterocycles. The van der Waals surface area contributed by atoms with Crippen molar-refractivity contribution < 1.29 is 13.2 Å². The van der Waals surface area contributed by atoms with Crippen LogP contribution in [-0.2, 0) is 40.6 Å². The van der Waals surface area contributed by atoms with Crippen LogP contribution >= 0.6 is 11.3 Å². The fourth-order valence-electron chi connectivity index (χ4n) is 4.79. The molecule has 1 N–H and O–H groups in total. The van der Waals surface area contributed by atoms with Gasteiger partial charge in [0.25, 0.3) is 0 Å². The highest BCUT2D eigenvalue weighted by Crippen LogP contribution is 2.38. The van der Waals surface area contributed by atoms with Crippen LogP contribution in [0.25, 0.3) is 0 Å². The molecule has 5 rings (SSSR count). The van der Waals surface area contributed by atoms with Crippen molar-refractivity contribution >= 4 is 32.3 Å². The van der Waals surface area contributed by atoms with Gasteiger partial charge in [-0.1, -0.05) is 42.0 Å². The molecule has 34 heavy (non-hydrogen) atoms. The summed E-state index contributed by atoms with van der Waals surface area (Å²) in [6, 6.07) is 15.7. The van der Waals surface area contributed by atoms with E-state index in [0.717, 1.165) is 52.8 Å². The van der Waals surface area contributed by atoms with Crippen LogP contribution in [-0.4, -0.2) is 24.7 Å². The summed E-state index contributed by atoms with van der Waals surface area (Å²) >= 11 is 1.45. The van der Waals surface area contributed by atoms with E-state index in [9.17, 15) is 18.5 Å². The predicted octanol–water partition coefficient (Wildman–Crippen LogP) is 4.56. The minimum Gasteiger partial charge on any atom is -0.315 e. The molecule has 0 bridgehead atoms. The van der Waals surface area contributed by atoms with Crippen molar-refractivity contribution in [3.63, 3.8) is 0 Å². The number of aryl methyl sites for hydroxylation is 2. The van der Waals surface area contributed by atoms with Crippen molar-refractivity contribution in [2.75, 3.05) is 5.32 Å². The van der Waals surface area contributed by atoms with E-state index < -0.39 is 22.0 Å². The van der Waals surface area contributed by atoms with Gasteiger partial charge >= 0.3 is 0 Å². The highest BCUT2D eigenvalue weighted by atomic mass is 32.2. The fourth-order valence-corrected chi connectivity index (χ4v) is 7.60. The van der Waals surface area contributed by atoms with Gasteiger partial charge in [-0.05, 0) is 67.9 Å². The number of sulfonamides is 1. The molecule has 2 aromatic carbocycles. The summed E-state index contributed by atoms with van der Waals surface area (Å²) in [6.07, 6.45) is 4.15. The molecule has 8 heteroatoms. The fraction of sp³-hybridized carbons (Fsp3) is 0.308. The average molecular weight is 492 g/mol. The van der Waals surface area contributed by atoms with Crippen LogP contribution in [0.1, 0.15) is 45.5 Å². The Hall–Kier alpha value is -2.99. The lowest BCUT2D eigenvalue weighted by Crippen LogP contribution is -2.50. The molecule has 174 valence electrons. The Kier molecular flexibility index (Phi) is 6.02. The summed E-state index contributed by atoms with van der Waals surface area (Å²) in [7, 11) is -3.92. The molecule has 0 saturated heterocycles. The topological polar surface area (TPSA) is 90.3 Å². The Morgan fingerprint density at radius 2 is 1.79 bits per heavy atom. The molecule has 2 heterocycles. The molecular formula is C26H25N3O3S2. The number of amides is 1. The lowest BCUT2D eigenvalue weighted by Gasteiger charge is -2.35. The third-order valence-corrected chi connectivity index (χ3v) is 9.73. The second kappa shape index (κ2) is 8.99. The number of nitrogens with one attached hydrogen (secondary N) is 1. The second-order valence-corrected chi connectivity index (χ2v) is 11.9. The van der Waals surface area contributed by atoms with Gasteiger partial charge in [0.2, 0.25) is 15.9 Å². The lowest BCUT2D eigenvalue weighted by molar-refractivity contribution is -0.120. The number of fused-ring (bicyclic) bond motifs is 2. The van der Waals surface area contributed by atoms with Crippen molar-refractivity contribution in [2.45, 2.75) is 56.5 Å². The van der Waals surface area contributed by atoms with Gasteiger partial charge in [-0.3, -0.25) is 4.79 Å². The largest absolute Gasteiger partial charge is 0.315 e. The van der Waals surface area contributed by atoms with Crippen LogP contribution in [0.3, 0.4) is 0 Å². The van der Waals surface area contributed by atoms with Gasteiger partial charge in [-0.15, -0.1) is 11.3 Å². The Balaban J connectivity index is 1.51. The molecule has 1 unspecified atom stereocenters. The van der Waals surface area contributed by atoms with Gasteiger partial charge in [-0.2, -0.15) is 9.57 Å². The van der Waals surface area contributed by atoms with Gasteiger partial charge in [-0.25, -0.2) is 8.42 Å². The quantitative estimate of drug-likeness (QED) is 0.579. The number of rotatable bonds is 4. The summed E-state index contributed by atoms with van der Waals surface area (Å²) in [5.74, 6) is -0.403. The van der Waals surface area contributed by atoms with Crippen molar-refractivity contribution in [3.05, 3.63) is 81.2 Å². The zero-order chi connectivity index (χ0) is 23.9. The van der Waals surface area contributed by atoms with Crippen molar-refractivity contribution in [1.29, 1.82) is 5.26 Å². The van der Waals surface area contributed by atoms with Crippen LogP contribution in [0.2, 0.25) is 0 Å². The number of hydrogen-bond acceptors (Lipinski definition) is 5. The summed E-state index contributed by atoms with van der Waals surface area (Å²) < 4.78 is 28.6. The highest BCUT2D eigenvalue weighted by molar-refractivity contribution is 7.89. The van der Waals surface area contributed by atoms with Crippen molar-refractivity contribution in [3.8, 4) is 6.07 Å². The zero-order valence-electron chi connectivity index (χ0n) is 18.9. The molecule has 3 aromatic rings. The molecule has 1 amide bonds. The van der Waals surface area contributed by atoms with Crippen LogP contribution in [0.5, 0.6) is 0 Å². The number of nitriles is 1. The Bertz CT molecular complexity index is 1400. The lowest BCUT2D eigenvalue weighted by atomic mass is 9.95. The maximum atomic E-state index is 13.7. The Morgan fingerprint density at radius 3 is 2.53 bits per heavy atom. The number of thiophene rings is 1. The molecule has 0 saturated carbocycles. The maximum absolute atomic E-state index is 13.7. The van der Waals surface area contributed by atoms with Gasteiger partial charge < -0.3 is 5.32 Å². The first-order chi connectivity index (χ1) is 16.4. The van der Waals surface area contributed by atoms with Crippen LogP contribution < -0.4 is 5.32 Å². The van der Waals surface area contributed by atoms with Gasteiger partial charge in [0.05, 0.1) is 10.5 Å². The minimum absolute atomic E-state index is 0.122. The zero-order valence-corrected chi connectivity index (χ0v) is 20.5. The average Bonchev–Trinajstić information content (AvgIpc) is 3.20. The Labute approximate surface area is 203 Å². The number of benzene rings is 2. The van der Waals surface area contributed by atoms with E-state index in [1.54, 1.807) is 24.3 Å². The molecule has 0 fully saturated rings. The van der Waals surface area contributed by atoms with Gasteiger partial charge in [0.15, 0.2) is 0 Å². The minimum atomic E-state index is -3.92. The third-order valence-electron chi connectivity index (χ3n) is 6.66. The molecular weight excluding hydrogens is 466 g/mol. The van der Waals surface area contributed by atoms with Crippen LogP contribution in [0.4, 0.5) is 5.00 Å². The van der Waals surface area contributed by atoms with Gasteiger partial charge in [0, 0.05) is 11.4 Å². The molecule has 1 aliphatic carbocycles. The molecule has 6 nitrogen and oxygen atoms in total. The van der Waals surface area contributed by atoms with E-state index in [4.69, 9.17) is 0 Å². The number of carbonyl (C=O) groups is 1. The maximum Gasteiger partial charge on any atom is 0.244 e. The van der Waals surface area contributed by atoms with Crippen LogP contribution in [0.15, 0.2) is 53.4 Å². The second-order valence-electron chi connectivity index (χ2n) is 8.87. The SMILES string of the molecule is Cc1ccc(S(=O)(=O)N2Cc3ccccc3CC2C(=O)Nc2sc3c(c2C#N)CCCC3)cc1. The first-order valence-electron chi connectivity index (χ1n) is 11.4. The smallest absolute Gasteiger partial charge is 0.244 e. The molecule has 1 atom stereocenters. The molecule has 1 aromatic heterocycles. The van der Waals surface area contributed by atoms with E-state index >= 15 is 0 Å². The standard InChI is InChI=1S/C26H25N3O3S2/c1-17-10-12-20(13-11-17)34(31,32)29-16-19-7-3-2-6-18(19)14-23(29)25(30)28-26-22(15-27)21-8-4-5-9-24(21)33-26/h2-3,6-7,10-13,23H,4-5,8-9,14,16H2,1H3,(H,28,30). The van der Waals surface area contributed by atoms with E-state index in [-0.39, 0.29) is 17.9 Å². The molecule has 0 radical (unpaired) electrons. The van der Waals surface area contributed by atoms with E-state index in [2.05, 4.69) is 11.4 Å². The number of nitrogens with zero attached hydrogens (tertiary/aromatic N) is 2. The number of anilines is 1. The van der Waals surface area contributed by atoms with E-state index in [1.807, 2.05) is 31.2 Å². The summed E-state index contributed by atoms with van der Waals surface area (Å²) in [5, 5.41) is 13.2. The summed E-state index contributed by atoms with van der Waals surface area (Å²) in [4.78, 5) is 14.9. The molecule has 2 aliphatic rings. The monoisotopic (exact) mass is 491 g/mol. The highest BCUT2D eigenvalue weighted by Gasteiger charge is 2.40. The van der Waals surface area contributed by atoms with Crippen molar-refractivity contribution in [2.24, 2.45) is 0 Å². The van der Waals surface area contributed by atoms with Crippen molar-refractivity contribution in [1.82, 2.24) is 4.31 Å². The number of carbonyl (C=O) groups excluding carboxylic acids is 1. The normalized spacial score (nSPS) is 17.9. The third kappa shape index (κ3) is 4.05. The van der Waals surface area contributed by atoms with Gasteiger partial charge in [0.1, 0.15) is 17.1 Å². The number of hydrogen-bond donors (Lipinski definition) is 1.